The van der Waals surface area contributed by atoms with Gasteiger partial charge in [-0.2, -0.15) is 13.2 Å². The van der Waals surface area contributed by atoms with Crippen LogP contribution in [0, 0.1) is 5.82 Å². The predicted octanol–water partition coefficient (Wildman–Crippen LogP) is 4.99. The molecule has 92 valence electrons. The van der Waals surface area contributed by atoms with Gasteiger partial charge >= 0.3 is 6.18 Å². The highest BCUT2D eigenvalue weighted by Crippen LogP contribution is 2.33. The van der Waals surface area contributed by atoms with Gasteiger partial charge in [0.2, 0.25) is 0 Å². The van der Waals surface area contributed by atoms with E-state index in [0.717, 1.165) is 12.1 Å². The van der Waals surface area contributed by atoms with Gasteiger partial charge in [-0.25, -0.2) is 4.39 Å². The number of rotatable bonds is 1. The third-order valence-electron chi connectivity index (χ3n) is 1.96. The van der Waals surface area contributed by atoms with Crippen LogP contribution >= 0.6 is 0 Å². The zero-order valence-corrected chi connectivity index (χ0v) is 9.82. The molecule has 0 N–H and O–H groups in total. The second-order valence-corrected chi connectivity index (χ2v) is 3.39. The van der Waals surface area contributed by atoms with Crippen LogP contribution in [0.25, 0.3) is 0 Å². The van der Waals surface area contributed by atoms with Gasteiger partial charge in [-0.05, 0) is 23.6 Å². The van der Waals surface area contributed by atoms with Crippen molar-refractivity contribution in [1.82, 2.24) is 0 Å². The number of halogens is 4. The first-order valence-corrected chi connectivity index (χ1v) is 5.19. The lowest BCUT2D eigenvalue weighted by atomic mass is 10.0. The highest BCUT2D eigenvalue weighted by Gasteiger charge is 2.34. The summed E-state index contributed by atoms with van der Waals surface area (Å²) in [7, 11) is 0. The van der Waals surface area contributed by atoms with Crippen LogP contribution in [0.3, 0.4) is 0 Å². The summed E-state index contributed by atoms with van der Waals surface area (Å²) in [5, 5.41) is 0. The van der Waals surface area contributed by atoms with E-state index in [1.807, 2.05) is 13.8 Å². The Morgan fingerprint density at radius 1 is 1.06 bits per heavy atom. The molecule has 0 unspecified atom stereocenters. The van der Waals surface area contributed by atoms with Gasteiger partial charge in [-0.15, -0.1) is 0 Å². The number of benzene rings is 1. The third kappa shape index (κ3) is 3.83. The van der Waals surface area contributed by atoms with Crippen LogP contribution in [0.1, 0.15) is 44.7 Å². The molecule has 0 saturated heterocycles. The van der Waals surface area contributed by atoms with Crippen LogP contribution in [0.15, 0.2) is 18.2 Å². The summed E-state index contributed by atoms with van der Waals surface area (Å²) in [5.41, 5.74) is -0.706. The molecular formula is C12H16F4. The van der Waals surface area contributed by atoms with Crippen LogP contribution in [0.4, 0.5) is 17.6 Å². The quantitative estimate of drug-likeness (QED) is 0.602. The van der Waals surface area contributed by atoms with Gasteiger partial charge in [0.25, 0.3) is 0 Å². The molecule has 0 spiro atoms. The molecule has 0 saturated carbocycles. The summed E-state index contributed by atoms with van der Waals surface area (Å²) < 4.78 is 49.6. The molecule has 16 heavy (non-hydrogen) atoms. The topological polar surface area (TPSA) is 0 Å². The summed E-state index contributed by atoms with van der Waals surface area (Å²) in [4.78, 5) is 0. The average molecular weight is 236 g/mol. The maximum atomic E-state index is 12.8. The maximum absolute atomic E-state index is 12.8. The molecule has 0 atom stereocenters. The number of hydrogen-bond acceptors (Lipinski definition) is 0. The Kier molecular flexibility index (Phi) is 5.48. The minimum absolute atomic E-state index is 0.0447. The standard InChI is InChI=1S/C10H10F4.C2H6/c1-6(2)7-3-4-9(11)8(5-7)10(12,13)14;1-2/h3-6H,1-2H3;1-2H3. The Morgan fingerprint density at radius 3 is 1.94 bits per heavy atom. The first-order valence-electron chi connectivity index (χ1n) is 5.19. The molecule has 0 aromatic heterocycles. The molecule has 0 bridgehead atoms. The Morgan fingerprint density at radius 2 is 1.56 bits per heavy atom. The summed E-state index contributed by atoms with van der Waals surface area (Å²) in [5.74, 6) is -1.27. The van der Waals surface area contributed by atoms with E-state index >= 15 is 0 Å². The molecule has 0 aliphatic rings. The predicted molar refractivity (Wildman–Crippen MR) is 56.8 cm³/mol. The Labute approximate surface area is 93.3 Å². The third-order valence-corrected chi connectivity index (χ3v) is 1.96. The number of hydrogen-bond donors (Lipinski definition) is 0. The molecule has 0 aliphatic heterocycles. The molecule has 1 rings (SSSR count). The van der Waals surface area contributed by atoms with Crippen molar-refractivity contribution in [3.8, 4) is 0 Å². The van der Waals surface area contributed by atoms with Crippen molar-refractivity contribution >= 4 is 0 Å². The van der Waals surface area contributed by atoms with Crippen LogP contribution in [-0.4, -0.2) is 0 Å². The van der Waals surface area contributed by atoms with Gasteiger partial charge in [0.1, 0.15) is 5.82 Å². The van der Waals surface area contributed by atoms with E-state index in [1.54, 1.807) is 13.8 Å². The lowest BCUT2D eigenvalue weighted by Crippen LogP contribution is -2.09. The lowest BCUT2D eigenvalue weighted by Gasteiger charge is -2.11. The van der Waals surface area contributed by atoms with E-state index < -0.39 is 17.6 Å². The first kappa shape index (κ1) is 14.9. The summed E-state index contributed by atoms with van der Waals surface area (Å²) in [6.07, 6.45) is -4.62. The summed E-state index contributed by atoms with van der Waals surface area (Å²) >= 11 is 0. The highest BCUT2D eigenvalue weighted by molar-refractivity contribution is 5.29. The van der Waals surface area contributed by atoms with Crippen molar-refractivity contribution in [1.29, 1.82) is 0 Å². The second-order valence-electron chi connectivity index (χ2n) is 3.39. The van der Waals surface area contributed by atoms with Crippen molar-refractivity contribution in [3.05, 3.63) is 35.1 Å². The molecule has 0 fully saturated rings. The minimum atomic E-state index is -4.62. The molecule has 1 aromatic carbocycles. The molecular weight excluding hydrogens is 220 g/mol. The van der Waals surface area contributed by atoms with Crippen molar-refractivity contribution < 1.29 is 17.6 Å². The van der Waals surface area contributed by atoms with E-state index in [9.17, 15) is 17.6 Å². The van der Waals surface area contributed by atoms with Crippen molar-refractivity contribution in [2.45, 2.75) is 39.8 Å². The monoisotopic (exact) mass is 236 g/mol. The van der Waals surface area contributed by atoms with Crippen LogP contribution < -0.4 is 0 Å². The first-order chi connectivity index (χ1) is 7.32. The van der Waals surface area contributed by atoms with E-state index in [2.05, 4.69) is 0 Å². The zero-order chi connectivity index (χ0) is 12.9. The van der Waals surface area contributed by atoms with E-state index in [-0.39, 0.29) is 5.92 Å². The maximum Gasteiger partial charge on any atom is 0.419 e. The Bertz CT molecular complexity index is 326. The molecule has 0 heterocycles. The van der Waals surface area contributed by atoms with Gasteiger partial charge < -0.3 is 0 Å². The fourth-order valence-electron chi connectivity index (χ4n) is 1.12. The fourth-order valence-corrected chi connectivity index (χ4v) is 1.12. The smallest absolute Gasteiger partial charge is 0.206 e. The molecule has 0 nitrogen and oxygen atoms in total. The van der Waals surface area contributed by atoms with Crippen molar-refractivity contribution in [2.75, 3.05) is 0 Å². The van der Waals surface area contributed by atoms with Crippen LogP contribution in [0.5, 0.6) is 0 Å². The minimum Gasteiger partial charge on any atom is -0.206 e. The SMILES string of the molecule is CC.CC(C)c1ccc(F)c(C(F)(F)F)c1. The highest BCUT2D eigenvalue weighted by atomic mass is 19.4. The average Bonchev–Trinajstić information content (AvgIpc) is 2.19. The van der Waals surface area contributed by atoms with Crippen molar-refractivity contribution in [2.24, 2.45) is 0 Å². The van der Waals surface area contributed by atoms with Crippen LogP contribution in [0.2, 0.25) is 0 Å². The van der Waals surface area contributed by atoms with Crippen molar-refractivity contribution in [3.63, 3.8) is 0 Å². The van der Waals surface area contributed by atoms with Gasteiger partial charge in [-0.1, -0.05) is 33.8 Å². The Balaban J connectivity index is 0.00000106. The molecule has 4 heteroatoms. The second kappa shape index (κ2) is 5.87. The van der Waals surface area contributed by atoms with Gasteiger partial charge in [-0.3, -0.25) is 0 Å². The van der Waals surface area contributed by atoms with Gasteiger partial charge in [0.05, 0.1) is 5.56 Å². The van der Waals surface area contributed by atoms with E-state index in [1.165, 1.54) is 6.07 Å². The molecule has 0 radical (unpaired) electrons. The molecule has 0 aliphatic carbocycles. The van der Waals surface area contributed by atoms with E-state index in [0.29, 0.717) is 5.56 Å². The molecule has 1 aromatic rings. The normalized spacial score (nSPS) is 11.1. The lowest BCUT2D eigenvalue weighted by molar-refractivity contribution is -0.140. The largest absolute Gasteiger partial charge is 0.419 e. The molecule has 0 amide bonds. The zero-order valence-electron chi connectivity index (χ0n) is 9.82. The van der Waals surface area contributed by atoms with Gasteiger partial charge in [0, 0.05) is 0 Å². The summed E-state index contributed by atoms with van der Waals surface area (Å²) in [6.45, 7) is 7.51. The van der Waals surface area contributed by atoms with Crippen LogP contribution in [-0.2, 0) is 6.18 Å². The Hall–Kier alpha value is -1.06. The fraction of sp³-hybridized carbons (Fsp3) is 0.500. The van der Waals surface area contributed by atoms with Gasteiger partial charge in [0.15, 0.2) is 0 Å². The summed E-state index contributed by atoms with van der Waals surface area (Å²) in [6, 6.07) is 3.09. The number of alkyl halides is 3. The van der Waals surface area contributed by atoms with E-state index in [4.69, 9.17) is 0 Å².